The zero-order valence-electron chi connectivity index (χ0n) is 15.4. The SMILES string of the molecule is Cc1nn(-c2nc3ccccc3o2)c2c1[C@@H](c1ccc(C(=O)O)cc1)CC(=O)N2. The first kappa shape index (κ1) is 17.2. The predicted molar refractivity (Wildman–Crippen MR) is 104 cm³/mol. The number of amides is 1. The van der Waals surface area contributed by atoms with Crippen LogP contribution < -0.4 is 5.32 Å². The van der Waals surface area contributed by atoms with Crippen molar-refractivity contribution in [2.75, 3.05) is 5.32 Å². The lowest BCUT2D eigenvalue weighted by Gasteiger charge is -2.24. The third-order valence-corrected chi connectivity index (χ3v) is 5.13. The van der Waals surface area contributed by atoms with Crippen LogP contribution in [0.5, 0.6) is 0 Å². The van der Waals surface area contributed by atoms with Crippen LogP contribution in [0.1, 0.15) is 39.5 Å². The average Bonchev–Trinajstić information content (AvgIpc) is 3.28. The van der Waals surface area contributed by atoms with Gasteiger partial charge in [-0.05, 0) is 36.8 Å². The lowest BCUT2D eigenvalue weighted by molar-refractivity contribution is -0.116. The van der Waals surface area contributed by atoms with E-state index >= 15 is 0 Å². The summed E-state index contributed by atoms with van der Waals surface area (Å²) in [6, 6.07) is 14.2. The van der Waals surface area contributed by atoms with Crippen LogP contribution in [-0.2, 0) is 4.79 Å². The highest BCUT2D eigenvalue weighted by molar-refractivity contribution is 5.95. The van der Waals surface area contributed by atoms with E-state index in [4.69, 9.17) is 9.52 Å². The molecule has 2 aromatic carbocycles. The van der Waals surface area contributed by atoms with Crippen molar-refractivity contribution in [2.24, 2.45) is 0 Å². The van der Waals surface area contributed by atoms with E-state index in [0.29, 0.717) is 16.9 Å². The largest absolute Gasteiger partial charge is 0.478 e. The van der Waals surface area contributed by atoms with E-state index in [1.807, 2.05) is 31.2 Å². The van der Waals surface area contributed by atoms with E-state index in [0.717, 1.165) is 16.8 Å². The van der Waals surface area contributed by atoms with Crippen molar-refractivity contribution >= 4 is 28.8 Å². The summed E-state index contributed by atoms with van der Waals surface area (Å²) >= 11 is 0. The number of benzene rings is 2. The highest BCUT2D eigenvalue weighted by Crippen LogP contribution is 2.40. The molecule has 5 rings (SSSR count). The summed E-state index contributed by atoms with van der Waals surface area (Å²) in [5.74, 6) is -0.849. The molecule has 0 saturated carbocycles. The Morgan fingerprint density at radius 2 is 1.97 bits per heavy atom. The number of carboxylic acids is 1. The number of oxazole rings is 1. The Bertz CT molecular complexity index is 1240. The monoisotopic (exact) mass is 388 g/mol. The first-order valence-electron chi connectivity index (χ1n) is 9.10. The highest BCUT2D eigenvalue weighted by atomic mass is 16.4. The normalized spacial score (nSPS) is 15.9. The summed E-state index contributed by atoms with van der Waals surface area (Å²) in [5.41, 5.74) is 4.00. The van der Waals surface area contributed by atoms with Crippen LogP contribution >= 0.6 is 0 Å². The number of anilines is 1. The molecule has 3 heterocycles. The molecule has 0 saturated heterocycles. The van der Waals surface area contributed by atoms with Crippen molar-refractivity contribution in [2.45, 2.75) is 19.3 Å². The van der Waals surface area contributed by atoms with E-state index in [2.05, 4.69) is 15.4 Å². The van der Waals surface area contributed by atoms with Gasteiger partial charge in [-0.1, -0.05) is 24.3 Å². The molecule has 144 valence electrons. The van der Waals surface area contributed by atoms with Crippen molar-refractivity contribution in [3.05, 3.63) is 70.9 Å². The third-order valence-electron chi connectivity index (χ3n) is 5.13. The van der Waals surface area contributed by atoms with Crippen LogP contribution in [0, 0.1) is 6.92 Å². The average molecular weight is 388 g/mol. The maximum atomic E-state index is 12.5. The van der Waals surface area contributed by atoms with E-state index < -0.39 is 5.97 Å². The Kier molecular flexibility index (Phi) is 3.73. The number of hydrogen-bond acceptors (Lipinski definition) is 5. The van der Waals surface area contributed by atoms with Crippen LogP contribution in [0.15, 0.2) is 52.9 Å². The Balaban J connectivity index is 1.63. The van der Waals surface area contributed by atoms with E-state index in [1.165, 1.54) is 4.68 Å². The van der Waals surface area contributed by atoms with Crippen molar-refractivity contribution in [1.29, 1.82) is 0 Å². The Morgan fingerprint density at radius 1 is 1.21 bits per heavy atom. The van der Waals surface area contributed by atoms with Gasteiger partial charge in [0.2, 0.25) is 5.91 Å². The van der Waals surface area contributed by atoms with Crippen molar-refractivity contribution in [3.63, 3.8) is 0 Å². The van der Waals surface area contributed by atoms with E-state index in [-0.39, 0.29) is 29.8 Å². The van der Waals surface area contributed by atoms with Gasteiger partial charge in [-0.25, -0.2) is 4.79 Å². The van der Waals surface area contributed by atoms with Crippen LogP contribution in [0.4, 0.5) is 5.82 Å². The van der Waals surface area contributed by atoms with Gasteiger partial charge in [0.25, 0.3) is 0 Å². The van der Waals surface area contributed by atoms with E-state index in [1.54, 1.807) is 24.3 Å². The molecule has 1 aliphatic rings. The quantitative estimate of drug-likeness (QED) is 0.556. The highest BCUT2D eigenvalue weighted by Gasteiger charge is 2.33. The second kappa shape index (κ2) is 6.30. The molecule has 0 fully saturated rings. The van der Waals surface area contributed by atoms with Crippen LogP contribution in [0.3, 0.4) is 0 Å². The molecular weight excluding hydrogens is 372 g/mol. The fourth-order valence-corrected chi connectivity index (χ4v) is 3.78. The minimum Gasteiger partial charge on any atom is -0.478 e. The fourth-order valence-electron chi connectivity index (χ4n) is 3.78. The number of carboxylic acid groups (broad SMARTS) is 1. The maximum absolute atomic E-state index is 12.5. The minimum absolute atomic E-state index is 0.151. The number of nitrogens with one attached hydrogen (secondary N) is 1. The number of fused-ring (bicyclic) bond motifs is 2. The first-order chi connectivity index (χ1) is 14.0. The number of aromatic nitrogens is 3. The van der Waals surface area contributed by atoms with Gasteiger partial charge in [0.15, 0.2) is 5.58 Å². The molecule has 1 atom stereocenters. The molecule has 1 aliphatic heterocycles. The summed E-state index contributed by atoms with van der Waals surface area (Å²) in [5, 5.41) is 16.6. The molecule has 29 heavy (non-hydrogen) atoms. The van der Waals surface area contributed by atoms with Gasteiger partial charge in [-0.2, -0.15) is 14.8 Å². The van der Waals surface area contributed by atoms with Gasteiger partial charge in [-0.3, -0.25) is 4.79 Å². The molecule has 8 heteroatoms. The zero-order valence-corrected chi connectivity index (χ0v) is 15.4. The molecule has 8 nitrogen and oxygen atoms in total. The molecule has 4 aromatic rings. The molecule has 2 aromatic heterocycles. The number of hydrogen-bond donors (Lipinski definition) is 2. The number of para-hydroxylation sites is 2. The zero-order chi connectivity index (χ0) is 20.1. The Hall–Kier alpha value is -3.94. The summed E-state index contributed by atoms with van der Waals surface area (Å²) in [7, 11) is 0. The molecule has 0 aliphatic carbocycles. The number of carbonyl (C=O) groups is 2. The second-order valence-corrected chi connectivity index (χ2v) is 6.96. The second-order valence-electron chi connectivity index (χ2n) is 6.96. The molecule has 0 unspecified atom stereocenters. The number of nitrogens with zero attached hydrogens (tertiary/aromatic N) is 3. The van der Waals surface area contributed by atoms with Crippen molar-refractivity contribution in [1.82, 2.24) is 14.8 Å². The lowest BCUT2D eigenvalue weighted by Crippen LogP contribution is -2.25. The number of aryl methyl sites for hydroxylation is 1. The molecule has 1 amide bonds. The molecule has 0 radical (unpaired) electrons. The minimum atomic E-state index is -0.987. The van der Waals surface area contributed by atoms with Gasteiger partial charge in [0.1, 0.15) is 11.3 Å². The number of rotatable bonds is 3. The van der Waals surface area contributed by atoms with Gasteiger partial charge >= 0.3 is 12.0 Å². The topological polar surface area (TPSA) is 110 Å². The Labute approximate surface area is 164 Å². The standard InChI is InChI=1S/C21H16N4O4/c1-11-18-14(12-6-8-13(9-7-12)20(27)28)10-17(26)23-19(18)25(24-11)21-22-15-4-2-3-5-16(15)29-21/h2-9,14H,10H2,1H3,(H,23,26)(H,27,28)/t14-/m1/s1. The Morgan fingerprint density at radius 3 is 2.69 bits per heavy atom. The van der Waals surface area contributed by atoms with Gasteiger partial charge in [0.05, 0.1) is 11.3 Å². The first-order valence-corrected chi connectivity index (χ1v) is 9.10. The molecule has 2 N–H and O–H groups in total. The molecular formula is C21H16N4O4. The fraction of sp³-hybridized carbons (Fsp3) is 0.143. The van der Waals surface area contributed by atoms with Crippen molar-refractivity contribution < 1.29 is 19.1 Å². The number of aromatic carboxylic acids is 1. The summed E-state index contributed by atoms with van der Waals surface area (Å²) in [6.07, 6.45) is 0.250. The smallest absolute Gasteiger partial charge is 0.335 e. The van der Waals surface area contributed by atoms with Crippen LogP contribution in [-0.4, -0.2) is 31.7 Å². The van der Waals surface area contributed by atoms with Crippen LogP contribution in [0.2, 0.25) is 0 Å². The lowest BCUT2D eigenvalue weighted by atomic mass is 9.85. The third kappa shape index (κ3) is 2.77. The molecule has 0 bridgehead atoms. The van der Waals surface area contributed by atoms with Gasteiger partial charge in [0, 0.05) is 17.9 Å². The van der Waals surface area contributed by atoms with Crippen LogP contribution in [0.25, 0.3) is 17.1 Å². The van der Waals surface area contributed by atoms with Gasteiger partial charge in [-0.15, -0.1) is 0 Å². The molecule has 0 spiro atoms. The van der Waals surface area contributed by atoms with Crippen molar-refractivity contribution in [3.8, 4) is 6.01 Å². The summed E-state index contributed by atoms with van der Waals surface area (Å²) in [4.78, 5) is 28.1. The summed E-state index contributed by atoms with van der Waals surface area (Å²) < 4.78 is 7.34. The number of carbonyl (C=O) groups excluding carboxylic acids is 1. The summed E-state index contributed by atoms with van der Waals surface area (Å²) in [6.45, 7) is 1.87. The van der Waals surface area contributed by atoms with E-state index in [9.17, 15) is 9.59 Å². The van der Waals surface area contributed by atoms with Gasteiger partial charge < -0.3 is 14.8 Å². The predicted octanol–water partition coefficient (Wildman–Crippen LogP) is 3.49. The maximum Gasteiger partial charge on any atom is 0.335 e.